The molecule has 2 atom stereocenters. The molecule has 0 aromatic heterocycles. The minimum absolute atomic E-state index is 0.0949. The van der Waals surface area contributed by atoms with Gasteiger partial charge in [0, 0.05) is 12.1 Å². The molecule has 3 nitrogen and oxygen atoms in total. The lowest BCUT2D eigenvalue weighted by atomic mass is 9.69. The highest BCUT2D eigenvalue weighted by molar-refractivity contribution is 5.94. The number of benzene rings is 2. The Bertz CT molecular complexity index is 956. The smallest absolute Gasteiger partial charge is 0.319 e. The third-order valence-electron chi connectivity index (χ3n) is 7.67. The third-order valence-corrected chi connectivity index (χ3v) is 7.67. The summed E-state index contributed by atoms with van der Waals surface area (Å²) in [5, 5.41) is 6.48. The van der Waals surface area contributed by atoms with E-state index in [1.54, 1.807) is 0 Å². The maximum Gasteiger partial charge on any atom is 0.319 e. The van der Waals surface area contributed by atoms with Crippen LogP contribution in [0.3, 0.4) is 0 Å². The van der Waals surface area contributed by atoms with Gasteiger partial charge in [-0.15, -0.1) is 0 Å². The van der Waals surface area contributed by atoms with Gasteiger partial charge >= 0.3 is 6.03 Å². The first-order valence-electron chi connectivity index (χ1n) is 12.3. The molecule has 0 radical (unpaired) electrons. The summed E-state index contributed by atoms with van der Waals surface area (Å²) in [6, 6.07) is 17.0. The zero-order valence-electron chi connectivity index (χ0n) is 19.9. The Morgan fingerprint density at radius 2 is 1.78 bits per heavy atom. The number of carbonyl (C=O) groups excluding carboxylic acids is 1. The molecule has 4 rings (SSSR count). The number of anilines is 1. The van der Waals surface area contributed by atoms with Crippen molar-refractivity contribution >= 4 is 17.3 Å². The number of urea groups is 1. The van der Waals surface area contributed by atoms with E-state index in [0.29, 0.717) is 17.8 Å². The Hall–Kier alpha value is -2.55. The molecule has 3 heteroatoms. The highest BCUT2D eigenvalue weighted by Crippen LogP contribution is 2.61. The lowest BCUT2D eigenvalue weighted by molar-refractivity contribution is 0.148. The van der Waals surface area contributed by atoms with E-state index in [2.05, 4.69) is 73.5 Å². The topological polar surface area (TPSA) is 41.1 Å². The number of nitrogens with one attached hydrogen (secondary N) is 2. The van der Waals surface area contributed by atoms with Gasteiger partial charge in [-0.3, -0.25) is 0 Å². The first-order chi connectivity index (χ1) is 15.4. The molecule has 2 unspecified atom stereocenters. The molecule has 32 heavy (non-hydrogen) atoms. The number of hydrogen-bond acceptors (Lipinski definition) is 1. The number of allylic oxidation sites excluding steroid dienone is 1. The Morgan fingerprint density at radius 1 is 1.06 bits per heavy atom. The van der Waals surface area contributed by atoms with E-state index in [9.17, 15) is 4.79 Å². The maximum absolute atomic E-state index is 13.1. The van der Waals surface area contributed by atoms with Gasteiger partial charge in [-0.05, 0) is 66.1 Å². The first-order valence-corrected chi connectivity index (χ1v) is 12.3. The molecule has 2 aliphatic carbocycles. The lowest BCUT2D eigenvalue weighted by Crippen LogP contribution is -2.42. The second-order valence-electron chi connectivity index (χ2n) is 10.3. The van der Waals surface area contributed by atoms with E-state index < -0.39 is 0 Å². The van der Waals surface area contributed by atoms with Crippen LogP contribution in [-0.2, 0) is 0 Å². The number of para-hydroxylation sites is 1. The fourth-order valence-electron chi connectivity index (χ4n) is 5.84. The Balaban J connectivity index is 1.47. The predicted octanol–water partition coefficient (Wildman–Crippen LogP) is 7.72. The molecule has 2 N–H and O–H groups in total. The van der Waals surface area contributed by atoms with Gasteiger partial charge in [-0.25, -0.2) is 4.79 Å². The van der Waals surface area contributed by atoms with Crippen molar-refractivity contribution in [3.63, 3.8) is 0 Å². The Morgan fingerprint density at radius 3 is 2.44 bits per heavy atom. The van der Waals surface area contributed by atoms with Crippen LogP contribution in [0.5, 0.6) is 0 Å². The molecule has 170 valence electrons. The molecule has 2 aromatic rings. The van der Waals surface area contributed by atoms with Crippen molar-refractivity contribution in [3.05, 3.63) is 71.8 Å². The van der Waals surface area contributed by atoms with Gasteiger partial charge in [0.2, 0.25) is 0 Å². The number of amides is 2. The summed E-state index contributed by atoms with van der Waals surface area (Å²) in [5.74, 6) is 1.66. The predicted molar refractivity (Wildman–Crippen MR) is 135 cm³/mol. The Kier molecular flexibility index (Phi) is 6.74. The van der Waals surface area contributed by atoms with E-state index in [-0.39, 0.29) is 11.4 Å². The molecule has 2 saturated carbocycles. The number of rotatable bonds is 7. The van der Waals surface area contributed by atoms with E-state index in [1.807, 2.05) is 13.0 Å². The number of hydrogen-bond donors (Lipinski definition) is 2. The van der Waals surface area contributed by atoms with Crippen molar-refractivity contribution in [1.82, 2.24) is 5.32 Å². The van der Waals surface area contributed by atoms with Crippen molar-refractivity contribution in [1.29, 1.82) is 0 Å². The average molecular weight is 431 g/mol. The summed E-state index contributed by atoms with van der Waals surface area (Å²) in [4.78, 5) is 13.1. The molecule has 0 aliphatic heterocycles. The van der Waals surface area contributed by atoms with Gasteiger partial charge in [0.25, 0.3) is 0 Å². The van der Waals surface area contributed by atoms with Crippen molar-refractivity contribution < 1.29 is 4.79 Å². The quantitative estimate of drug-likeness (QED) is 0.464. The van der Waals surface area contributed by atoms with Gasteiger partial charge in [-0.1, -0.05) is 88.2 Å². The molecule has 2 fully saturated rings. The third kappa shape index (κ3) is 4.77. The minimum Gasteiger partial charge on any atom is -0.337 e. The van der Waals surface area contributed by atoms with Crippen molar-refractivity contribution in [2.24, 2.45) is 11.3 Å². The fraction of sp³-hybridized carbons (Fsp3) is 0.483. The molecule has 0 saturated heterocycles. The first kappa shape index (κ1) is 22.6. The summed E-state index contributed by atoms with van der Waals surface area (Å²) in [6.07, 6.45) is 7.57. The van der Waals surface area contributed by atoms with E-state index >= 15 is 0 Å². The van der Waals surface area contributed by atoms with Crippen molar-refractivity contribution in [3.8, 4) is 0 Å². The second kappa shape index (κ2) is 9.52. The average Bonchev–Trinajstić information content (AvgIpc) is 3.60. The zero-order valence-corrected chi connectivity index (χ0v) is 19.9. The summed E-state index contributed by atoms with van der Waals surface area (Å²) in [5.41, 5.74) is 5.73. The maximum atomic E-state index is 13.1. The van der Waals surface area contributed by atoms with Gasteiger partial charge in [0.1, 0.15) is 0 Å². The van der Waals surface area contributed by atoms with E-state index in [4.69, 9.17) is 0 Å². The lowest BCUT2D eigenvalue weighted by Gasteiger charge is -2.38. The largest absolute Gasteiger partial charge is 0.337 e. The minimum atomic E-state index is -0.0949. The van der Waals surface area contributed by atoms with Gasteiger partial charge in [0.05, 0.1) is 5.69 Å². The van der Waals surface area contributed by atoms with Crippen molar-refractivity contribution in [2.75, 3.05) is 11.9 Å². The normalized spacial score (nSPS) is 21.8. The molecule has 0 spiro atoms. The van der Waals surface area contributed by atoms with Crippen LogP contribution >= 0.6 is 0 Å². The highest BCUT2D eigenvalue weighted by atomic mass is 16.2. The van der Waals surface area contributed by atoms with Crippen LogP contribution in [0.2, 0.25) is 0 Å². The number of carbonyl (C=O) groups is 1. The van der Waals surface area contributed by atoms with Gasteiger partial charge in [0.15, 0.2) is 0 Å². The van der Waals surface area contributed by atoms with Crippen LogP contribution in [0.1, 0.15) is 87.8 Å². The standard InChI is InChI=1S/C29H38N2O/c1-20(2)23-14-11-15-24(21(3)4)27(23)31-28(32)30-19-29(16-9-6-10-17-29)26-18-25(26)22-12-7-5-8-13-22/h5,7-8,11-15,21,25-26H,1,6,9-10,16-19H2,2-4H3,(H2,30,31,32). The monoisotopic (exact) mass is 430 g/mol. The molecule has 0 bridgehead atoms. The Labute approximate surface area is 193 Å². The van der Waals surface area contributed by atoms with Crippen LogP contribution < -0.4 is 10.6 Å². The summed E-state index contributed by atoms with van der Waals surface area (Å²) >= 11 is 0. The van der Waals surface area contributed by atoms with Crippen molar-refractivity contribution in [2.45, 2.75) is 71.1 Å². The fourth-order valence-corrected chi connectivity index (χ4v) is 5.84. The summed E-state index contributed by atoms with van der Waals surface area (Å²) in [6.45, 7) is 11.2. The van der Waals surface area contributed by atoms with Crippen LogP contribution in [0, 0.1) is 11.3 Å². The van der Waals surface area contributed by atoms with Crippen LogP contribution in [0.4, 0.5) is 10.5 Å². The molecular weight excluding hydrogens is 392 g/mol. The second-order valence-corrected chi connectivity index (χ2v) is 10.3. The van der Waals surface area contributed by atoms with Crippen LogP contribution in [-0.4, -0.2) is 12.6 Å². The molecule has 2 aromatic carbocycles. The van der Waals surface area contributed by atoms with E-state index in [1.165, 1.54) is 44.1 Å². The molecule has 0 heterocycles. The van der Waals surface area contributed by atoms with Gasteiger partial charge < -0.3 is 10.6 Å². The molecule has 2 amide bonds. The van der Waals surface area contributed by atoms with Gasteiger partial charge in [-0.2, -0.15) is 0 Å². The van der Waals surface area contributed by atoms with E-state index in [0.717, 1.165) is 28.9 Å². The van der Waals surface area contributed by atoms with Crippen LogP contribution in [0.25, 0.3) is 5.57 Å². The summed E-state index contributed by atoms with van der Waals surface area (Å²) in [7, 11) is 0. The summed E-state index contributed by atoms with van der Waals surface area (Å²) < 4.78 is 0. The highest BCUT2D eigenvalue weighted by Gasteiger charge is 2.52. The van der Waals surface area contributed by atoms with Crippen LogP contribution in [0.15, 0.2) is 55.1 Å². The molecular formula is C29H38N2O. The zero-order chi connectivity index (χ0) is 22.7. The SMILES string of the molecule is C=C(C)c1cccc(C(C)C)c1NC(=O)NCC1(C2CC2c2ccccc2)CCCCC1. The molecule has 2 aliphatic rings.